The number of halogens is 3. The van der Waals surface area contributed by atoms with E-state index in [0.29, 0.717) is 17.1 Å². The molecule has 0 spiro atoms. The molecule has 2 nitrogen and oxygen atoms in total. The maximum Gasteiger partial charge on any atom is 0.277 e. The molecule has 0 saturated carbocycles. The monoisotopic (exact) mass is 342 g/mol. The van der Waals surface area contributed by atoms with Gasteiger partial charge in [0.15, 0.2) is 11.5 Å². The second-order valence-electron chi connectivity index (χ2n) is 4.34. The molecule has 0 bridgehead atoms. The Hall–Kier alpha value is -1.26. The average Bonchev–Trinajstić information content (AvgIpc) is 2.68. The Morgan fingerprint density at radius 2 is 2.00 bits per heavy atom. The topological polar surface area (TPSA) is 18.5 Å². The van der Waals surface area contributed by atoms with E-state index in [2.05, 4.69) is 15.9 Å². The van der Waals surface area contributed by atoms with E-state index in [9.17, 15) is 4.39 Å². The Morgan fingerprint density at radius 3 is 2.68 bits per heavy atom. The first kappa shape index (κ1) is 12.8. The predicted molar refractivity (Wildman–Crippen MR) is 74.2 cm³/mol. The van der Waals surface area contributed by atoms with Gasteiger partial charge in [0.25, 0.3) is 5.79 Å². The number of fused-ring (bicyclic) bond motifs is 1. The summed E-state index contributed by atoms with van der Waals surface area (Å²) in [6, 6.07) is 9.66. The molecule has 19 heavy (non-hydrogen) atoms. The van der Waals surface area contributed by atoms with Crippen LogP contribution < -0.4 is 9.47 Å². The number of ether oxygens (including phenoxy) is 2. The molecular weight excluding hydrogens is 335 g/mol. The van der Waals surface area contributed by atoms with Crippen molar-refractivity contribution >= 4 is 27.5 Å². The van der Waals surface area contributed by atoms with E-state index >= 15 is 0 Å². The lowest BCUT2D eigenvalue weighted by atomic mass is 10.1. The van der Waals surface area contributed by atoms with Gasteiger partial charge in [0, 0.05) is 6.92 Å². The second-order valence-corrected chi connectivity index (χ2v) is 5.60. The van der Waals surface area contributed by atoms with Crippen molar-refractivity contribution in [3.8, 4) is 11.5 Å². The molecule has 1 atom stereocenters. The van der Waals surface area contributed by atoms with Gasteiger partial charge < -0.3 is 9.47 Å². The van der Waals surface area contributed by atoms with E-state index < -0.39 is 11.6 Å². The van der Waals surface area contributed by atoms with E-state index in [4.69, 9.17) is 21.1 Å². The summed E-state index contributed by atoms with van der Waals surface area (Å²) < 4.78 is 25.6. The van der Waals surface area contributed by atoms with Gasteiger partial charge in [-0.3, -0.25) is 0 Å². The van der Waals surface area contributed by atoms with Gasteiger partial charge in [-0.05, 0) is 46.3 Å². The van der Waals surface area contributed by atoms with Crippen LogP contribution in [0.1, 0.15) is 12.5 Å². The van der Waals surface area contributed by atoms with Crippen molar-refractivity contribution in [2.45, 2.75) is 12.7 Å². The minimum absolute atomic E-state index is 0.270. The van der Waals surface area contributed by atoms with E-state index in [-0.39, 0.29) is 5.02 Å². The first-order valence-electron chi connectivity index (χ1n) is 5.62. The molecule has 0 fully saturated rings. The normalized spacial score (nSPS) is 20.6. The molecule has 3 rings (SSSR count). The summed E-state index contributed by atoms with van der Waals surface area (Å²) in [6.07, 6.45) is 0. The van der Waals surface area contributed by atoms with Crippen molar-refractivity contribution in [3.05, 3.63) is 57.3 Å². The summed E-state index contributed by atoms with van der Waals surface area (Å²) in [7, 11) is 0. The fourth-order valence-corrected chi connectivity index (χ4v) is 2.83. The van der Waals surface area contributed by atoms with Crippen LogP contribution in [0.25, 0.3) is 0 Å². The molecule has 0 radical (unpaired) electrons. The predicted octanol–water partition coefficient (Wildman–Crippen LogP) is 4.89. The highest BCUT2D eigenvalue weighted by Crippen LogP contribution is 2.48. The minimum atomic E-state index is -1.06. The van der Waals surface area contributed by atoms with Gasteiger partial charge in [0.05, 0.1) is 15.1 Å². The third-order valence-electron chi connectivity index (χ3n) is 2.95. The lowest BCUT2D eigenvalue weighted by molar-refractivity contribution is -0.0682. The lowest BCUT2D eigenvalue weighted by Gasteiger charge is -2.24. The Bertz CT molecular complexity index is 662. The van der Waals surface area contributed by atoms with E-state index in [1.807, 2.05) is 18.2 Å². The molecule has 2 aromatic carbocycles. The minimum Gasteiger partial charge on any atom is -0.444 e. The molecular formula is C14H9BrClFO2. The first-order chi connectivity index (χ1) is 8.99. The molecule has 0 saturated heterocycles. The Morgan fingerprint density at radius 1 is 1.21 bits per heavy atom. The van der Waals surface area contributed by atoms with Gasteiger partial charge in [-0.2, -0.15) is 0 Å². The molecule has 1 unspecified atom stereocenters. The Balaban J connectivity index is 2.06. The number of rotatable bonds is 1. The largest absolute Gasteiger partial charge is 0.444 e. The van der Waals surface area contributed by atoms with Crippen LogP contribution in [0.5, 0.6) is 11.5 Å². The van der Waals surface area contributed by atoms with Crippen LogP contribution in [-0.2, 0) is 5.79 Å². The van der Waals surface area contributed by atoms with Crippen LogP contribution >= 0.6 is 27.5 Å². The fourth-order valence-electron chi connectivity index (χ4n) is 2.06. The maximum atomic E-state index is 13.1. The number of hydrogen-bond acceptors (Lipinski definition) is 2. The molecule has 1 aliphatic heterocycles. The van der Waals surface area contributed by atoms with Crippen molar-refractivity contribution in [1.29, 1.82) is 0 Å². The van der Waals surface area contributed by atoms with Crippen molar-refractivity contribution in [2.24, 2.45) is 0 Å². The van der Waals surface area contributed by atoms with Crippen LogP contribution in [0.2, 0.25) is 5.02 Å². The van der Waals surface area contributed by atoms with Gasteiger partial charge in [-0.1, -0.05) is 17.7 Å². The molecule has 0 aromatic heterocycles. The average molecular weight is 344 g/mol. The maximum absolute atomic E-state index is 13.1. The van der Waals surface area contributed by atoms with Gasteiger partial charge in [0.1, 0.15) is 5.82 Å². The van der Waals surface area contributed by atoms with Crippen LogP contribution in [0, 0.1) is 5.82 Å². The summed E-state index contributed by atoms with van der Waals surface area (Å²) in [5.74, 6) is -0.214. The van der Waals surface area contributed by atoms with E-state index in [1.54, 1.807) is 13.0 Å². The zero-order chi connectivity index (χ0) is 13.6. The standard InChI is InChI=1S/C14H9BrClFO2/c1-14(9-6-5-8(17)7-11(9)16)18-12-4-2-3-10(15)13(12)19-14/h2-7H,1H3. The Labute approximate surface area is 123 Å². The van der Waals surface area contributed by atoms with E-state index in [1.165, 1.54) is 12.1 Å². The lowest BCUT2D eigenvalue weighted by Crippen LogP contribution is -2.31. The van der Waals surface area contributed by atoms with E-state index in [0.717, 1.165) is 4.47 Å². The summed E-state index contributed by atoms with van der Waals surface area (Å²) in [5, 5.41) is 0.270. The third-order valence-corrected chi connectivity index (χ3v) is 3.89. The molecule has 5 heteroatoms. The third kappa shape index (κ3) is 2.09. The number of hydrogen-bond donors (Lipinski definition) is 0. The number of para-hydroxylation sites is 1. The molecule has 1 aliphatic rings. The Kier molecular flexibility index (Phi) is 2.95. The summed E-state index contributed by atoms with van der Waals surface area (Å²) >= 11 is 9.47. The zero-order valence-electron chi connectivity index (χ0n) is 9.91. The van der Waals surface area contributed by atoms with Gasteiger partial charge in [0.2, 0.25) is 0 Å². The smallest absolute Gasteiger partial charge is 0.277 e. The highest BCUT2D eigenvalue weighted by Gasteiger charge is 2.41. The van der Waals surface area contributed by atoms with Crippen molar-refractivity contribution in [1.82, 2.24) is 0 Å². The van der Waals surface area contributed by atoms with Gasteiger partial charge in [-0.15, -0.1) is 0 Å². The highest BCUT2D eigenvalue weighted by atomic mass is 79.9. The molecule has 0 aliphatic carbocycles. The van der Waals surface area contributed by atoms with Gasteiger partial charge >= 0.3 is 0 Å². The molecule has 98 valence electrons. The molecule has 0 amide bonds. The second kappa shape index (κ2) is 4.39. The summed E-state index contributed by atoms with van der Waals surface area (Å²) in [4.78, 5) is 0. The fraction of sp³-hybridized carbons (Fsp3) is 0.143. The summed E-state index contributed by atoms with van der Waals surface area (Å²) in [6.45, 7) is 1.75. The van der Waals surface area contributed by atoms with Crippen LogP contribution in [0.4, 0.5) is 4.39 Å². The quantitative estimate of drug-likeness (QED) is 0.734. The van der Waals surface area contributed by atoms with Crippen LogP contribution in [0.15, 0.2) is 40.9 Å². The molecule has 0 N–H and O–H groups in total. The van der Waals surface area contributed by atoms with Crippen molar-refractivity contribution in [2.75, 3.05) is 0 Å². The first-order valence-corrected chi connectivity index (χ1v) is 6.79. The molecule has 1 heterocycles. The molecule has 2 aromatic rings. The summed E-state index contributed by atoms with van der Waals surface area (Å²) in [5.41, 5.74) is 0.582. The number of benzene rings is 2. The van der Waals surface area contributed by atoms with Crippen LogP contribution in [-0.4, -0.2) is 0 Å². The van der Waals surface area contributed by atoms with Crippen molar-refractivity contribution < 1.29 is 13.9 Å². The zero-order valence-corrected chi connectivity index (χ0v) is 12.3. The van der Waals surface area contributed by atoms with Crippen LogP contribution in [0.3, 0.4) is 0 Å². The highest BCUT2D eigenvalue weighted by molar-refractivity contribution is 9.10. The van der Waals surface area contributed by atoms with Gasteiger partial charge in [-0.25, -0.2) is 4.39 Å². The SMILES string of the molecule is CC1(c2ccc(F)cc2Cl)Oc2cccc(Br)c2O1. The van der Waals surface area contributed by atoms with Crippen molar-refractivity contribution in [3.63, 3.8) is 0 Å².